The normalized spacial score (nSPS) is 20.6. The third-order valence-electron chi connectivity index (χ3n) is 3.76. The third-order valence-corrected chi connectivity index (χ3v) is 4.66. The maximum Gasteiger partial charge on any atom is 0.120 e. The molecular formula is C15H19NOS. The number of hydrogen-bond donors (Lipinski definition) is 0. The zero-order chi connectivity index (χ0) is 12.4. The van der Waals surface area contributed by atoms with Crippen molar-refractivity contribution in [3.05, 3.63) is 29.6 Å². The molecule has 3 rings (SSSR count). The molecule has 0 aliphatic carbocycles. The first kappa shape index (κ1) is 12.0. The Morgan fingerprint density at radius 3 is 3.17 bits per heavy atom. The van der Waals surface area contributed by atoms with Gasteiger partial charge in [-0.3, -0.25) is 4.90 Å². The minimum absolute atomic E-state index is 0.730. The second-order valence-electron chi connectivity index (χ2n) is 5.00. The number of thiophene rings is 1. The van der Waals surface area contributed by atoms with Crippen LogP contribution in [-0.2, 0) is 0 Å². The van der Waals surface area contributed by atoms with Crippen LogP contribution in [0.25, 0.3) is 10.1 Å². The van der Waals surface area contributed by atoms with Gasteiger partial charge >= 0.3 is 0 Å². The zero-order valence-electron chi connectivity index (χ0n) is 10.8. The molecule has 0 N–H and O–H groups in total. The standard InChI is InChI=1S/C15H19NOS/c1-12-3-2-7-16(12)8-9-17-14-4-5-15-13(11-14)6-10-18-15/h4-6,10-12H,2-3,7-9H2,1H3. The summed E-state index contributed by atoms with van der Waals surface area (Å²) in [5, 5.41) is 3.41. The number of rotatable bonds is 4. The number of hydrogen-bond acceptors (Lipinski definition) is 3. The highest BCUT2D eigenvalue weighted by Crippen LogP contribution is 2.25. The average molecular weight is 261 g/mol. The minimum Gasteiger partial charge on any atom is -0.492 e. The van der Waals surface area contributed by atoms with Gasteiger partial charge < -0.3 is 4.74 Å². The first-order chi connectivity index (χ1) is 8.83. The van der Waals surface area contributed by atoms with Gasteiger partial charge in [-0.1, -0.05) is 0 Å². The number of ether oxygens (including phenoxy) is 1. The fourth-order valence-corrected chi connectivity index (χ4v) is 3.41. The molecule has 3 heteroatoms. The Labute approximate surface area is 112 Å². The van der Waals surface area contributed by atoms with Crippen LogP contribution >= 0.6 is 11.3 Å². The van der Waals surface area contributed by atoms with Gasteiger partial charge in [0.15, 0.2) is 0 Å². The van der Waals surface area contributed by atoms with Crippen molar-refractivity contribution in [1.29, 1.82) is 0 Å². The Morgan fingerprint density at radius 1 is 1.39 bits per heavy atom. The first-order valence-electron chi connectivity index (χ1n) is 6.67. The Morgan fingerprint density at radius 2 is 2.33 bits per heavy atom. The molecule has 1 unspecified atom stereocenters. The highest BCUT2D eigenvalue weighted by atomic mass is 32.1. The van der Waals surface area contributed by atoms with Crippen molar-refractivity contribution in [1.82, 2.24) is 4.90 Å². The fourth-order valence-electron chi connectivity index (χ4n) is 2.64. The van der Waals surface area contributed by atoms with E-state index in [1.807, 2.05) is 0 Å². The van der Waals surface area contributed by atoms with E-state index < -0.39 is 0 Å². The molecule has 2 heterocycles. The quantitative estimate of drug-likeness (QED) is 0.831. The molecule has 0 spiro atoms. The van der Waals surface area contributed by atoms with Crippen molar-refractivity contribution in [3.63, 3.8) is 0 Å². The Kier molecular flexibility index (Phi) is 3.52. The van der Waals surface area contributed by atoms with Crippen LogP contribution in [0, 0.1) is 0 Å². The molecule has 1 aliphatic heterocycles. The van der Waals surface area contributed by atoms with Crippen molar-refractivity contribution in [2.45, 2.75) is 25.8 Å². The summed E-state index contributed by atoms with van der Waals surface area (Å²) in [7, 11) is 0. The van der Waals surface area contributed by atoms with E-state index in [2.05, 4.69) is 41.5 Å². The van der Waals surface area contributed by atoms with Crippen LogP contribution < -0.4 is 4.74 Å². The summed E-state index contributed by atoms with van der Waals surface area (Å²) in [6.45, 7) is 5.38. The number of nitrogens with zero attached hydrogens (tertiary/aromatic N) is 1. The van der Waals surface area contributed by atoms with Crippen molar-refractivity contribution in [3.8, 4) is 5.75 Å². The maximum absolute atomic E-state index is 5.86. The van der Waals surface area contributed by atoms with Crippen molar-refractivity contribution >= 4 is 21.4 Å². The molecule has 2 aromatic rings. The highest BCUT2D eigenvalue weighted by Gasteiger charge is 2.19. The van der Waals surface area contributed by atoms with Crippen LogP contribution in [0.1, 0.15) is 19.8 Å². The smallest absolute Gasteiger partial charge is 0.120 e. The molecule has 0 amide bonds. The van der Waals surface area contributed by atoms with Crippen LogP contribution in [0.5, 0.6) is 5.75 Å². The number of fused-ring (bicyclic) bond motifs is 1. The second-order valence-corrected chi connectivity index (χ2v) is 5.94. The molecule has 0 bridgehead atoms. The van der Waals surface area contributed by atoms with Gasteiger partial charge in [-0.05, 0) is 61.3 Å². The molecular weight excluding hydrogens is 242 g/mol. The largest absolute Gasteiger partial charge is 0.492 e. The molecule has 1 fully saturated rings. The van der Waals surface area contributed by atoms with E-state index in [9.17, 15) is 0 Å². The van der Waals surface area contributed by atoms with Gasteiger partial charge in [0.25, 0.3) is 0 Å². The van der Waals surface area contributed by atoms with E-state index in [1.54, 1.807) is 11.3 Å². The van der Waals surface area contributed by atoms with E-state index in [0.29, 0.717) is 0 Å². The summed E-state index contributed by atoms with van der Waals surface area (Å²) < 4.78 is 7.19. The Bertz CT molecular complexity index is 522. The van der Waals surface area contributed by atoms with Gasteiger partial charge in [0.2, 0.25) is 0 Å². The predicted octanol–water partition coefficient (Wildman–Crippen LogP) is 3.76. The Balaban J connectivity index is 1.56. The SMILES string of the molecule is CC1CCCN1CCOc1ccc2sccc2c1. The maximum atomic E-state index is 5.86. The van der Waals surface area contributed by atoms with Gasteiger partial charge in [-0.15, -0.1) is 11.3 Å². The average Bonchev–Trinajstić information content (AvgIpc) is 2.98. The molecule has 1 atom stereocenters. The minimum atomic E-state index is 0.730. The van der Waals surface area contributed by atoms with Crippen molar-refractivity contribution in [2.24, 2.45) is 0 Å². The molecule has 2 nitrogen and oxygen atoms in total. The van der Waals surface area contributed by atoms with E-state index in [4.69, 9.17) is 4.74 Å². The van der Waals surface area contributed by atoms with E-state index >= 15 is 0 Å². The van der Waals surface area contributed by atoms with Gasteiger partial charge in [-0.25, -0.2) is 0 Å². The summed E-state index contributed by atoms with van der Waals surface area (Å²) in [4.78, 5) is 2.52. The van der Waals surface area contributed by atoms with Crippen molar-refractivity contribution < 1.29 is 4.74 Å². The number of benzene rings is 1. The molecule has 1 aliphatic rings. The molecule has 0 saturated carbocycles. The summed E-state index contributed by atoms with van der Waals surface area (Å²) in [5.41, 5.74) is 0. The molecule has 18 heavy (non-hydrogen) atoms. The summed E-state index contributed by atoms with van der Waals surface area (Å²) in [6.07, 6.45) is 2.67. The van der Waals surface area contributed by atoms with Crippen LogP contribution in [0.3, 0.4) is 0 Å². The summed E-state index contributed by atoms with van der Waals surface area (Å²) in [6, 6.07) is 9.24. The van der Waals surface area contributed by atoms with Crippen LogP contribution in [0.4, 0.5) is 0 Å². The van der Waals surface area contributed by atoms with Gasteiger partial charge in [0, 0.05) is 17.3 Å². The topological polar surface area (TPSA) is 12.5 Å². The number of likely N-dealkylation sites (tertiary alicyclic amines) is 1. The highest BCUT2D eigenvalue weighted by molar-refractivity contribution is 7.17. The van der Waals surface area contributed by atoms with Crippen LogP contribution in [-0.4, -0.2) is 30.6 Å². The van der Waals surface area contributed by atoms with Crippen LogP contribution in [0.15, 0.2) is 29.6 Å². The molecule has 96 valence electrons. The lowest BCUT2D eigenvalue weighted by molar-refractivity contribution is 0.205. The van der Waals surface area contributed by atoms with E-state index in [0.717, 1.165) is 24.9 Å². The fraction of sp³-hybridized carbons (Fsp3) is 0.467. The van der Waals surface area contributed by atoms with Gasteiger partial charge in [0.1, 0.15) is 12.4 Å². The zero-order valence-corrected chi connectivity index (χ0v) is 11.6. The summed E-state index contributed by atoms with van der Waals surface area (Å²) >= 11 is 1.78. The second kappa shape index (κ2) is 5.29. The monoisotopic (exact) mass is 261 g/mol. The Hall–Kier alpha value is -1.06. The molecule has 1 aromatic heterocycles. The van der Waals surface area contributed by atoms with E-state index in [-0.39, 0.29) is 0 Å². The van der Waals surface area contributed by atoms with E-state index in [1.165, 1.54) is 29.5 Å². The molecule has 0 radical (unpaired) electrons. The van der Waals surface area contributed by atoms with Crippen molar-refractivity contribution in [2.75, 3.05) is 19.7 Å². The molecule has 1 aromatic carbocycles. The lowest BCUT2D eigenvalue weighted by atomic mass is 10.2. The van der Waals surface area contributed by atoms with Crippen LogP contribution in [0.2, 0.25) is 0 Å². The van der Waals surface area contributed by atoms with Gasteiger partial charge in [0.05, 0.1) is 0 Å². The summed E-state index contributed by atoms with van der Waals surface area (Å²) in [5.74, 6) is 0.993. The van der Waals surface area contributed by atoms with Gasteiger partial charge in [-0.2, -0.15) is 0 Å². The molecule has 1 saturated heterocycles. The first-order valence-corrected chi connectivity index (χ1v) is 7.55. The third kappa shape index (κ3) is 2.52. The lowest BCUT2D eigenvalue weighted by Gasteiger charge is -2.20. The predicted molar refractivity (Wildman–Crippen MR) is 77.6 cm³/mol. The lowest BCUT2D eigenvalue weighted by Crippen LogP contribution is -2.31.